The van der Waals surface area contributed by atoms with Gasteiger partial charge in [0.25, 0.3) is 0 Å². The Labute approximate surface area is 124 Å². The highest BCUT2D eigenvalue weighted by molar-refractivity contribution is 9.10. The van der Waals surface area contributed by atoms with Crippen LogP contribution in [0.25, 0.3) is 6.08 Å². The molecule has 0 radical (unpaired) electrons. The molecule has 0 atom stereocenters. The van der Waals surface area contributed by atoms with Crippen LogP contribution >= 0.6 is 27.3 Å². The number of thiophene rings is 1. The molecule has 1 aromatic heterocycles. The Morgan fingerprint density at radius 3 is 2.79 bits per heavy atom. The van der Waals surface area contributed by atoms with Crippen molar-refractivity contribution >= 4 is 45.3 Å². The fraction of sp³-hybridized carbons (Fsp3) is 0.333. The minimum atomic E-state index is -0.476. The van der Waals surface area contributed by atoms with Crippen LogP contribution in [0.1, 0.15) is 11.8 Å². The number of nitrogens with one attached hydrogen (secondary N) is 2. The summed E-state index contributed by atoms with van der Waals surface area (Å²) in [6.45, 7) is 2.76. The van der Waals surface area contributed by atoms with Gasteiger partial charge in [-0.1, -0.05) is 0 Å². The Morgan fingerprint density at radius 2 is 2.16 bits per heavy atom. The van der Waals surface area contributed by atoms with Crippen molar-refractivity contribution in [2.24, 2.45) is 0 Å². The molecule has 19 heavy (non-hydrogen) atoms. The van der Waals surface area contributed by atoms with Gasteiger partial charge in [0.15, 0.2) is 0 Å². The second kappa shape index (κ2) is 8.71. The fourth-order valence-corrected chi connectivity index (χ4v) is 2.50. The van der Waals surface area contributed by atoms with E-state index in [1.165, 1.54) is 6.08 Å². The van der Waals surface area contributed by atoms with Crippen molar-refractivity contribution < 1.29 is 14.3 Å². The van der Waals surface area contributed by atoms with Crippen LogP contribution in [0, 0.1) is 0 Å². The second-order valence-electron chi connectivity index (χ2n) is 3.44. The Hall–Kier alpha value is -1.34. The molecule has 0 unspecified atom stereocenters. The lowest BCUT2D eigenvalue weighted by Gasteiger charge is -2.05. The maximum atomic E-state index is 11.4. The Balaban J connectivity index is 2.18. The normalized spacial score (nSPS) is 10.4. The van der Waals surface area contributed by atoms with Crippen LogP contribution in [-0.2, 0) is 9.53 Å². The van der Waals surface area contributed by atoms with Crippen LogP contribution in [0.3, 0.4) is 0 Å². The number of carbonyl (C=O) groups excluding carboxylic acids is 2. The highest BCUT2D eigenvalue weighted by Crippen LogP contribution is 2.20. The molecule has 1 aromatic rings. The summed E-state index contributed by atoms with van der Waals surface area (Å²) in [5, 5.41) is 7.11. The summed E-state index contributed by atoms with van der Waals surface area (Å²) >= 11 is 4.88. The summed E-state index contributed by atoms with van der Waals surface area (Å²) in [6.07, 6.45) is 2.72. The third-order valence-electron chi connectivity index (χ3n) is 1.96. The van der Waals surface area contributed by atoms with Crippen LogP contribution in [-0.4, -0.2) is 31.7 Å². The van der Waals surface area contributed by atoms with Gasteiger partial charge in [-0.25, -0.2) is 4.79 Å². The van der Waals surface area contributed by atoms with E-state index in [1.807, 2.05) is 11.4 Å². The lowest BCUT2D eigenvalue weighted by molar-refractivity contribution is -0.116. The predicted octanol–water partition coefficient (Wildman–Crippen LogP) is 2.39. The fourth-order valence-electron chi connectivity index (χ4n) is 1.16. The molecule has 0 fully saturated rings. The highest BCUT2D eigenvalue weighted by Gasteiger charge is 2.00. The summed E-state index contributed by atoms with van der Waals surface area (Å²) < 4.78 is 5.67. The van der Waals surface area contributed by atoms with Crippen molar-refractivity contribution in [3.05, 3.63) is 26.9 Å². The lowest BCUT2D eigenvalue weighted by atomic mass is 10.4. The molecule has 0 aliphatic carbocycles. The molecule has 0 bridgehead atoms. The highest BCUT2D eigenvalue weighted by atomic mass is 79.9. The largest absolute Gasteiger partial charge is 0.450 e. The molecule has 1 heterocycles. The number of hydrogen-bond donors (Lipinski definition) is 2. The van der Waals surface area contributed by atoms with E-state index in [0.29, 0.717) is 19.7 Å². The molecule has 2 N–H and O–H groups in total. The molecular formula is C12H15BrN2O3S. The maximum absolute atomic E-state index is 11.4. The zero-order chi connectivity index (χ0) is 14.1. The first-order valence-corrected chi connectivity index (χ1v) is 7.39. The average Bonchev–Trinajstić information content (AvgIpc) is 2.78. The van der Waals surface area contributed by atoms with Gasteiger partial charge in [0.05, 0.1) is 6.61 Å². The first-order chi connectivity index (χ1) is 9.11. The number of halogens is 1. The quantitative estimate of drug-likeness (QED) is 0.613. The Morgan fingerprint density at radius 1 is 1.42 bits per heavy atom. The number of carbonyl (C=O) groups is 2. The first kappa shape index (κ1) is 15.7. The number of alkyl carbamates (subject to hydrolysis) is 1. The minimum Gasteiger partial charge on any atom is -0.450 e. The van der Waals surface area contributed by atoms with E-state index < -0.39 is 6.09 Å². The minimum absolute atomic E-state index is 0.199. The molecule has 1 rings (SSSR count). The number of ether oxygens (including phenoxy) is 1. The molecule has 0 aromatic carbocycles. The summed E-state index contributed by atoms with van der Waals surface area (Å²) in [5.41, 5.74) is 0. The zero-order valence-corrected chi connectivity index (χ0v) is 12.8. The van der Waals surface area contributed by atoms with Crippen LogP contribution in [0.15, 0.2) is 22.0 Å². The smallest absolute Gasteiger partial charge is 0.407 e. The van der Waals surface area contributed by atoms with Gasteiger partial charge in [-0.3, -0.25) is 4.79 Å². The van der Waals surface area contributed by atoms with Crippen LogP contribution in [0.4, 0.5) is 4.79 Å². The van der Waals surface area contributed by atoms with Gasteiger partial charge in [0.1, 0.15) is 0 Å². The van der Waals surface area contributed by atoms with E-state index in [4.69, 9.17) is 0 Å². The third kappa shape index (κ3) is 6.97. The van der Waals surface area contributed by atoms with Crippen molar-refractivity contribution in [3.63, 3.8) is 0 Å². The Kier molecular flexibility index (Phi) is 7.20. The summed E-state index contributed by atoms with van der Waals surface area (Å²) in [4.78, 5) is 23.4. The van der Waals surface area contributed by atoms with Gasteiger partial charge in [0.2, 0.25) is 5.91 Å². The number of hydrogen-bond acceptors (Lipinski definition) is 4. The summed E-state index contributed by atoms with van der Waals surface area (Å²) in [7, 11) is 0. The van der Waals surface area contributed by atoms with E-state index in [0.717, 1.165) is 9.35 Å². The predicted molar refractivity (Wildman–Crippen MR) is 79.1 cm³/mol. The van der Waals surface area contributed by atoms with E-state index in [9.17, 15) is 9.59 Å². The molecule has 0 aliphatic rings. The Bertz CT molecular complexity index is 460. The van der Waals surface area contributed by atoms with E-state index >= 15 is 0 Å². The van der Waals surface area contributed by atoms with Gasteiger partial charge < -0.3 is 15.4 Å². The monoisotopic (exact) mass is 346 g/mol. The lowest BCUT2D eigenvalue weighted by Crippen LogP contribution is -2.34. The van der Waals surface area contributed by atoms with Gasteiger partial charge in [-0.2, -0.15) is 0 Å². The molecule has 2 amide bonds. The molecule has 7 heteroatoms. The molecule has 0 aliphatic heterocycles. The number of rotatable bonds is 6. The van der Waals surface area contributed by atoms with Crippen LogP contribution < -0.4 is 10.6 Å². The van der Waals surface area contributed by atoms with E-state index in [-0.39, 0.29) is 5.91 Å². The molecular weight excluding hydrogens is 332 g/mol. The van der Waals surface area contributed by atoms with Gasteiger partial charge >= 0.3 is 6.09 Å². The van der Waals surface area contributed by atoms with E-state index in [1.54, 1.807) is 24.3 Å². The number of amides is 2. The van der Waals surface area contributed by atoms with Crippen LogP contribution in [0.5, 0.6) is 0 Å². The summed E-state index contributed by atoms with van der Waals surface area (Å²) in [5.74, 6) is -0.199. The molecule has 0 spiro atoms. The van der Waals surface area contributed by atoms with Gasteiger partial charge in [-0.15, -0.1) is 11.3 Å². The maximum Gasteiger partial charge on any atom is 0.407 e. The third-order valence-corrected chi connectivity index (χ3v) is 3.61. The SMILES string of the molecule is CCOC(=O)NCCNC(=O)C=Cc1cc(Br)cs1. The first-order valence-electron chi connectivity index (χ1n) is 5.72. The van der Waals surface area contributed by atoms with Crippen molar-refractivity contribution in [2.45, 2.75) is 6.92 Å². The molecule has 0 saturated heterocycles. The van der Waals surface area contributed by atoms with Gasteiger partial charge in [-0.05, 0) is 35.0 Å². The van der Waals surface area contributed by atoms with Crippen molar-refractivity contribution in [2.75, 3.05) is 19.7 Å². The van der Waals surface area contributed by atoms with Crippen molar-refractivity contribution in [3.8, 4) is 0 Å². The zero-order valence-electron chi connectivity index (χ0n) is 10.4. The molecule has 104 valence electrons. The van der Waals surface area contributed by atoms with Crippen LogP contribution in [0.2, 0.25) is 0 Å². The van der Waals surface area contributed by atoms with Crippen molar-refractivity contribution in [1.82, 2.24) is 10.6 Å². The second-order valence-corrected chi connectivity index (χ2v) is 5.30. The standard InChI is InChI=1S/C12H15BrN2O3S/c1-2-18-12(17)15-6-5-14-11(16)4-3-10-7-9(13)8-19-10/h3-4,7-8H,2,5-6H2,1H3,(H,14,16)(H,15,17). The molecule has 0 saturated carbocycles. The molecule has 5 nitrogen and oxygen atoms in total. The van der Waals surface area contributed by atoms with E-state index in [2.05, 4.69) is 31.3 Å². The van der Waals surface area contributed by atoms with Crippen molar-refractivity contribution in [1.29, 1.82) is 0 Å². The van der Waals surface area contributed by atoms with Gasteiger partial charge in [0, 0.05) is 33.9 Å². The topological polar surface area (TPSA) is 67.4 Å². The summed E-state index contributed by atoms with van der Waals surface area (Å²) in [6, 6.07) is 1.93. The average molecular weight is 347 g/mol.